The molecule has 2 heterocycles. The summed E-state index contributed by atoms with van der Waals surface area (Å²) in [7, 11) is 1.60. The van der Waals surface area contributed by atoms with Crippen LogP contribution in [0.4, 0.5) is 0 Å². The molecule has 174 valence electrons. The second kappa shape index (κ2) is 9.90. The Bertz CT molecular complexity index is 901. The van der Waals surface area contributed by atoms with Gasteiger partial charge in [0.15, 0.2) is 5.76 Å². The average molecular weight is 442 g/mol. The topological polar surface area (TPSA) is 69.0 Å². The van der Waals surface area contributed by atoms with E-state index in [0.29, 0.717) is 18.9 Å². The molecule has 0 N–H and O–H groups in total. The first-order valence-corrected chi connectivity index (χ1v) is 11.3. The summed E-state index contributed by atoms with van der Waals surface area (Å²) in [6, 6.07) is 10.6. The Morgan fingerprint density at radius 1 is 1.16 bits per heavy atom. The van der Waals surface area contributed by atoms with Crippen LogP contribution in [0.3, 0.4) is 0 Å². The molecule has 0 bridgehead atoms. The molecule has 1 unspecified atom stereocenters. The first kappa shape index (κ1) is 24.1. The molecule has 0 aliphatic carbocycles. The highest BCUT2D eigenvalue weighted by atomic mass is 16.5. The van der Waals surface area contributed by atoms with Crippen LogP contribution in [-0.4, -0.2) is 36.0 Å². The van der Waals surface area contributed by atoms with Crippen LogP contribution in [0.15, 0.2) is 47.1 Å². The Labute approximate surface area is 190 Å². The van der Waals surface area contributed by atoms with Gasteiger partial charge in [-0.3, -0.25) is 14.5 Å². The SMILES string of the molecule is COc1ccc(CN(C(=O)CCC2(C(C)C)CCOC(C)(C)C2)C(=O)c2ccco2)cc1. The van der Waals surface area contributed by atoms with Gasteiger partial charge in [0.05, 0.1) is 25.5 Å². The molecule has 3 rings (SSSR count). The van der Waals surface area contributed by atoms with Gasteiger partial charge in [0.1, 0.15) is 5.75 Å². The van der Waals surface area contributed by atoms with Crippen molar-refractivity contribution in [2.75, 3.05) is 13.7 Å². The average Bonchev–Trinajstić information content (AvgIpc) is 3.30. The molecule has 1 fully saturated rings. The number of rotatable bonds is 8. The second-order valence-corrected chi connectivity index (χ2v) is 9.66. The number of methoxy groups -OCH3 is 1. The lowest BCUT2D eigenvalue weighted by Gasteiger charge is -2.48. The van der Waals surface area contributed by atoms with Crippen LogP contribution in [0, 0.1) is 11.3 Å². The minimum atomic E-state index is -0.415. The summed E-state index contributed by atoms with van der Waals surface area (Å²) >= 11 is 0. The van der Waals surface area contributed by atoms with Gasteiger partial charge in [0.25, 0.3) is 5.91 Å². The van der Waals surface area contributed by atoms with E-state index in [1.54, 1.807) is 19.2 Å². The Balaban J connectivity index is 1.78. The number of furan rings is 1. The van der Waals surface area contributed by atoms with Gasteiger partial charge in [-0.1, -0.05) is 26.0 Å². The predicted molar refractivity (Wildman–Crippen MR) is 122 cm³/mol. The minimum Gasteiger partial charge on any atom is -0.497 e. The third kappa shape index (κ3) is 5.60. The lowest BCUT2D eigenvalue weighted by atomic mass is 9.64. The summed E-state index contributed by atoms with van der Waals surface area (Å²) < 4.78 is 16.4. The van der Waals surface area contributed by atoms with Crippen molar-refractivity contribution in [1.29, 1.82) is 0 Å². The van der Waals surface area contributed by atoms with Crippen LogP contribution >= 0.6 is 0 Å². The molecule has 2 amide bonds. The van der Waals surface area contributed by atoms with E-state index in [1.807, 2.05) is 24.3 Å². The third-order valence-electron chi connectivity index (χ3n) is 6.71. The number of hydrogen-bond donors (Lipinski definition) is 0. The Kier molecular flexibility index (Phi) is 7.44. The van der Waals surface area contributed by atoms with Crippen LogP contribution in [0.25, 0.3) is 0 Å². The molecule has 1 saturated heterocycles. The number of nitrogens with zero attached hydrogens (tertiary/aromatic N) is 1. The number of amides is 2. The number of benzene rings is 1. The fourth-order valence-electron chi connectivity index (χ4n) is 4.72. The standard InChI is InChI=1S/C26H35NO5/c1-19(2)26(14-16-32-25(3,4)18-26)13-12-23(28)27(24(29)22-7-6-15-31-22)17-20-8-10-21(30-5)11-9-20/h6-11,15,19H,12-14,16-18H2,1-5H3. The van der Waals surface area contributed by atoms with E-state index in [-0.39, 0.29) is 29.2 Å². The Hall–Kier alpha value is -2.60. The van der Waals surface area contributed by atoms with E-state index < -0.39 is 5.91 Å². The summed E-state index contributed by atoms with van der Waals surface area (Å²) in [6.07, 6.45) is 4.29. The first-order valence-electron chi connectivity index (χ1n) is 11.3. The van der Waals surface area contributed by atoms with Crippen molar-refractivity contribution in [3.8, 4) is 5.75 Å². The summed E-state index contributed by atoms with van der Waals surface area (Å²) in [4.78, 5) is 27.8. The van der Waals surface area contributed by atoms with Crippen LogP contribution in [0.1, 0.15) is 69.5 Å². The highest BCUT2D eigenvalue weighted by molar-refractivity contribution is 6.03. The molecular formula is C26H35NO5. The number of imide groups is 1. The molecule has 6 heteroatoms. The number of ether oxygens (including phenoxy) is 2. The van der Waals surface area contributed by atoms with Crippen LogP contribution < -0.4 is 4.74 Å². The van der Waals surface area contributed by atoms with Crippen molar-refractivity contribution < 1.29 is 23.5 Å². The van der Waals surface area contributed by atoms with Crippen molar-refractivity contribution >= 4 is 11.8 Å². The zero-order valence-electron chi connectivity index (χ0n) is 19.8. The molecule has 6 nitrogen and oxygen atoms in total. The lowest BCUT2D eigenvalue weighted by Crippen LogP contribution is -2.45. The van der Waals surface area contributed by atoms with Crippen molar-refractivity contribution in [2.45, 2.75) is 65.5 Å². The van der Waals surface area contributed by atoms with E-state index in [0.717, 1.165) is 30.6 Å². The largest absolute Gasteiger partial charge is 0.497 e. The smallest absolute Gasteiger partial charge is 0.296 e. The van der Waals surface area contributed by atoms with Crippen molar-refractivity contribution in [1.82, 2.24) is 4.90 Å². The van der Waals surface area contributed by atoms with E-state index in [4.69, 9.17) is 13.9 Å². The van der Waals surface area contributed by atoms with E-state index >= 15 is 0 Å². The molecule has 1 aliphatic rings. The molecule has 2 aromatic rings. The maximum atomic E-state index is 13.4. The van der Waals surface area contributed by atoms with Crippen molar-refractivity contribution in [3.63, 3.8) is 0 Å². The quantitative estimate of drug-likeness (QED) is 0.543. The monoisotopic (exact) mass is 441 g/mol. The van der Waals surface area contributed by atoms with Crippen molar-refractivity contribution in [2.24, 2.45) is 11.3 Å². The van der Waals surface area contributed by atoms with Crippen LogP contribution in [0.5, 0.6) is 5.75 Å². The molecule has 1 aliphatic heterocycles. The minimum absolute atomic E-state index is 0.0108. The van der Waals surface area contributed by atoms with E-state index in [1.165, 1.54) is 11.2 Å². The molecule has 0 radical (unpaired) electrons. The van der Waals surface area contributed by atoms with Gasteiger partial charge in [0.2, 0.25) is 5.91 Å². The number of carbonyl (C=O) groups is 2. The fraction of sp³-hybridized carbons (Fsp3) is 0.538. The molecular weight excluding hydrogens is 406 g/mol. The summed E-state index contributed by atoms with van der Waals surface area (Å²) in [6.45, 7) is 9.54. The third-order valence-corrected chi connectivity index (χ3v) is 6.71. The highest BCUT2D eigenvalue weighted by Crippen LogP contribution is 2.47. The van der Waals surface area contributed by atoms with Gasteiger partial charge < -0.3 is 13.9 Å². The normalized spacial score (nSPS) is 20.2. The van der Waals surface area contributed by atoms with Crippen LogP contribution in [-0.2, 0) is 16.1 Å². The summed E-state index contributed by atoms with van der Waals surface area (Å²) in [5.74, 6) is 0.699. The summed E-state index contributed by atoms with van der Waals surface area (Å²) in [5.41, 5.74) is 0.653. The Morgan fingerprint density at radius 3 is 2.44 bits per heavy atom. The van der Waals surface area contributed by atoms with Gasteiger partial charge in [-0.2, -0.15) is 0 Å². The maximum absolute atomic E-state index is 13.4. The lowest BCUT2D eigenvalue weighted by molar-refractivity contribution is -0.136. The van der Waals surface area contributed by atoms with Gasteiger partial charge in [-0.25, -0.2) is 0 Å². The Morgan fingerprint density at radius 2 is 1.88 bits per heavy atom. The molecule has 32 heavy (non-hydrogen) atoms. The zero-order valence-corrected chi connectivity index (χ0v) is 19.8. The second-order valence-electron chi connectivity index (χ2n) is 9.66. The summed E-state index contributed by atoms with van der Waals surface area (Å²) in [5, 5.41) is 0. The fourth-order valence-corrected chi connectivity index (χ4v) is 4.72. The molecule has 0 spiro atoms. The van der Waals surface area contributed by atoms with Crippen molar-refractivity contribution in [3.05, 3.63) is 54.0 Å². The maximum Gasteiger partial charge on any atom is 0.296 e. The molecule has 0 saturated carbocycles. The first-order chi connectivity index (χ1) is 15.2. The number of hydrogen-bond acceptors (Lipinski definition) is 5. The van der Waals surface area contributed by atoms with Crippen LogP contribution in [0.2, 0.25) is 0 Å². The molecule has 1 atom stereocenters. The predicted octanol–water partition coefficient (Wildman–Crippen LogP) is 5.47. The number of carbonyl (C=O) groups excluding carboxylic acids is 2. The van der Waals surface area contributed by atoms with E-state index in [9.17, 15) is 9.59 Å². The van der Waals surface area contributed by atoms with Gasteiger partial charge in [-0.05, 0) is 74.3 Å². The molecule has 1 aromatic carbocycles. The molecule has 1 aromatic heterocycles. The van der Waals surface area contributed by atoms with Gasteiger partial charge in [0, 0.05) is 13.0 Å². The zero-order chi connectivity index (χ0) is 23.4. The van der Waals surface area contributed by atoms with Gasteiger partial charge >= 0.3 is 0 Å². The van der Waals surface area contributed by atoms with Gasteiger partial charge in [-0.15, -0.1) is 0 Å². The highest BCUT2D eigenvalue weighted by Gasteiger charge is 2.43. The van der Waals surface area contributed by atoms with E-state index in [2.05, 4.69) is 27.7 Å².